The van der Waals surface area contributed by atoms with Crippen molar-refractivity contribution >= 4 is 40.5 Å². The van der Waals surface area contributed by atoms with Gasteiger partial charge in [0.1, 0.15) is 5.76 Å². The van der Waals surface area contributed by atoms with Gasteiger partial charge in [-0.2, -0.15) is 0 Å². The van der Waals surface area contributed by atoms with E-state index in [4.69, 9.17) is 27.9 Å². The number of carbonyl (C=O) groups is 2. The van der Waals surface area contributed by atoms with Gasteiger partial charge in [-0.25, -0.2) is 0 Å². The Morgan fingerprint density at radius 2 is 1.54 bits per heavy atom. The van der Waals surface area contributed by atoms with E-state index < -0.39 is 23.8 Å². The lowest BCUT2D eigenvalue weighted by atomic mass is 10.0. The maximum atomic E-state index is 12.3. The van der Waals surface area contributed by atoms with Gasteiger partial charge in [0.2, 0.25) is 5.78 Å². The number of ketones is 2. The zero-order valence-corrected chi connectivity index (χ0v) is 13.8. The van der Waals surface area contributed by atoms with E-state index in [0.29, 0.717) is 21.2 Å². The molecule has 2 aromatic carbocycles. The topological polar surface area (TPSA) is 63.6 Å². The van der Waals surface area contributed by atoms with Gasteiger partial charge < -0.3 is 9.84 Å². The number of hydrogen-bond acceptors (Lipinski definition) is 4. The van der Waals surface area contributed by atoms with Gasteiger partial charge in [0.25, 0.3) is 5.79 Å². The summed E-state index contributed by atoms with van der Waals surface area (Å²) in [5, 5.41) is 11.5. The highest BCUT2D eigenvalue weighted by Gasteiger charge is 2.45. The monoisotopic (exact) mass is 362 g/mol. The summed E-state index contributed by atoms with van der Waals surface area (Å²) in [6.45, 7) is 0. The lowest BCUT2D eigenvalue weighted by Gasteiger charge is -2.21. The van der Waals surface area contributed by atoms with Crippen molar-refractivity contribution in [1.82, 2.24) is 0 Å². The Morgan fingerprint density at radius 1 is 1.00 bits per heavy atom. The van der Waals surface area contributed by atoms with E-state index >= 15 is 0 Å². The Balaban J connectivity index is 1.77. The van der Waals surface area contributed by atoms with Gasteiger partial charge in [-0.3, -0.25) is 9.59 Å². The summed E-state index contributed by atoms with van der Waals surface area (Å²) in [5.74, 6) is -3.10. The molecule has 1 aliphatic heterocycles. The maximum Gasteiger partial charge on any atom is 0.279 e. The molecule has 0 amide bonds. The fourth-order valence-corrected chi connectivity index (χ4v) is 2.58. The predicted octanol–water partition coefficient (Wildman–Crippen LogP) is 3.90. The SMILES string of the molecule is O=C(C[C@]1(O)OC(c2ccc(Cl)cc2)=CC1=O)c1ccc(Cl)cc1. The first-order valence-electron chi connectivity index (χ1n) is 7.10. The first-order chi connectivity index (χ1) is 11.4. The third kappa shape index (κ3) is 3.36. The first-order valence-corrected chi connectivity index (χ1v) is 7.85. The smallest absolute Gasteiger partial charge is 0.279 e. The molecule has 0 radical (unpaired) electrons. The van der Waals surface area contributed by atoms with E-state index in [0.717, 1.165) is 0 Å². The van der Waals surface area contributed by atoms with Crippen LogP contribution in [-0.2, 0) is 9.53 Å². The Hall–Kier alpha value is -2.14. The van der Waals surface area contributed by atoms with Crippen molar-refractivity contribution in [2.75, 3.05) is 0 Å². The molecular formula is C18H12Cl2O4. The van der Waals surface area contributed by atoms with Crippen LogP contribution in [0.2, 0.25) is 10.0 Å². The Morgan fingerprint density at radius 3 is 2.12 bits per heavy atom. The summed E-state index contributed by atoms with van der Waals surface area (Å²) in [6, 6.07) is 12.8. The molecule has 4 nitrogen and oxygen atoms in total. The lowest BCUT2D eigenvalue weighted by molar-refractivity contribution is -0.167. The molecule has 3 rings (SSSR count). The van der Waals surface area contributed by atoms with Crippen LogP contribution in [0.15, 0.2) is 54.6 Å². The van der Waals surface area contributed by atoms with E-state index in [9.17, 15) is 14.7 Å². The summed E-state index contributed by atoms with van der Waals surface area (Å²) in [4.78, 5) is 24.4. The molecule has 0 unspecified atom stereocenters. The molecule has 0 aromatic heterocycles. The molecule has 0 aliphatic carbocycles. The second-order valence-electron chi connectivity index (χ2n) is 5.37. The van der Waals surface area contributed by atoms with Crippen molar-refractivity contribution in [2.24, 2.45) is 0 Å². The van der Waals surface area contributed by atoms with Gasteiger partial charge in [0.05, 0.1) is 6.42 Å². The van der Waals surface area contributed by atoms with Crippen molar-refractivity contribution in [3.63, 3.8) is 0 Å². The first kappa shape index (κ1) is 16.7. The highest BCUT2D eigenvalue weighted by atomic mass is 35.5. The van der Waals surface area contributed by atoms with Crippen molar-refractivity contribution in [3.8, 4) is 0 Å². The molecule has 0 bridgehead atoms. The van der Waals surface area contributed by atoms with E-state index in [1.165, 1.54) is 18.2 Å². The fourth-order valence-electron chi connectivity index (χ4n) is 2.33. The number of Topliss-reactive ketones (excluding diaryl/α,β-unsaturated/α-hetero) is 1. The standard InChI is InChI=1S/C18H12Cl2O4/c19-13-5-1-11(2-6-13)15(21)10-18(23)17(22)9-16(24-18)12-3-7-14(20)8-4-12/h1-9,23H,10H2/t18-/m0/s1. The average Bonchev–Trinajstić information content (AvgIpc) is 2.83. The molecule has 1 N–H and O–H groups in total. The zero-order valence-electron chi connectivity index (χ0n) is 12.3. The number of benzene rings is 2. The van der Waals surface area contributed by atoms with Crippen LogP contribution in [0.5, 0.6) is 0 Å². The third-order valence-electron chi connectivity index (χ3n) is 3.62. The molecular weight excluding hydrogens is 351 g/mol. The Bertz CT molecular complexity index is 825. The van der Waals surface area contributed by atoms with Crippen LogP contribution in [0, 0.1) is 0 Å². The molecule has 0 spiro atoms. The Labute approximate surface area is 148 Å². The van der Waals surface area contributed by atoms with Gasteiger partial charge >= 0.3 is 0 Å². The minimum Gasteiger partial charge on any atom is -0.453 e. The highest BCUT2D eigenvalue weighted by Crippen LogP contribution is 2.33. The van der Waals surface area contributed by atoms with E-state index in [1.54, 1.807) is 36.4 Å². The van der Waals surface area contributed by atoms with Gasteiger partial charge in [-0.15, -0.1) is 0 Å². The van der Waals surface area contributed by atoms with Crippen LogP contribution in [0.25, 0.3) is 5.76 Å². The number of rotatable bonds is 4. The van der Waals surface area contributed by atoms with Crippen LogP contribution < -0.4 is 0 Å². The molecule has 1 aliphatic rings. The van der Waals surface area contributed by atoms with Crippen molar-refractivity contribution in [3.05, 3.63) is 75.8 Å². The van der Waals surface area contributed by atoms with Crippen molar-refractivity contribution in [1.29, 1.82) is 0 Å². The van der Waals surface area contributed by atoms with Gasteiger partial charge in [-0.05, 0) is 48.5 Å². The minimum atomic E-state index is -2.20. The quantitative estimate of drug-likeness (QED) is 0.837. The van der Waals surface area contributed by atoms with Crippen LogP contribution in [0.3, 0.4) is 0 Å². The zero-order chi connectivity index (χ0) is 17.3. The Kier molecular flexibility index (Phi) is 4.45. The third-order valence-corrected chi connectivity index (χ3v) is 4.13. The number of hydrogen-bond donors (Lipinski definition) is 1. The summed E-state index contributed by atoms with van der Waals surface area (Å²) >= 11 is 11.6. The number of ether oxygens (including phenoxy) is 1. The minimum absolute atomic E-state index is 0.197. The van der Waals surface area contributed by atoms with E-state index in [1.807, 2.05) is 0 Å². The maximum absolute atomic E-state index is 12.3. The van der Waals surface area contributed by atoms with Crippen LogP contribution >= 0.6 is 23.2 Å². The summed E-state index contributed by atoms with van der Waals surface area (Å²) in [5.41, 5.74) is 0.923. The van der Waals surface area contributed by atoms with E-state index in [-0.39, 0.29) is 5.76 Å². The molecule has 0 saturated heterocycles. The number of halogens is 2. The number of carbonyl (C=O) groups excluding carboxylic acids is 2. The molecule has 0 fully saturated rings. The van der Waals surface area contributed by atoms with Crippen LogP contribution in [0.1, 0.15) is 22.3 Å². The number of aliphatic hydroxyl groups is 1. The molecule has 1 atom stereocenters. The highest BCUT2D eigenvalue weighted by molar-refractivity contribution is 6.31. The molecule has 24 heavy (non-hydrogen) atoms. The van der Waals surface area contributed by atoms with E-state index in [2.05, 4.69) is 0 Å². The molecule has 2 aromatic rings. The van der Waals surface area contributed by atoms with Gasteiger partial charge in [0, 0.05) is 27.2 Å². The fraction of sp³-hybridized carbons (Fsp3) is 0.111. The van der Waals surface area contributed by atoms with Crippen LogP contribution in [-0.4, -0.2) is 22.5 Å². The normalized spacial score (nSPS) is 19.8. The van der Waals surface area contributed by atoms with Crippen LogP contribution in [0.4, 0.5) is 0 Å². The molecule has 1 heterocycles. The molecule has 0 saturated carbocycles. The van der Waals surface area contributed by atoms with Crippen molar-refractivity contribution in [2.45, 2.75) is 12.2 Å². The summed E-state index contributed by atoms with van der Waals surface area (Å²) < 4.78 is 5.38. The largest absolute Gasteiger partial charge is 0.453 e. The molecule has 6 heteroatoms. The molecule has 122 valence electrons. The van der Waals surface area contributed by atoms with Gasteiger partial charge in [0.15, 0.2) is 5.78 Å². The summed E-state index contributed by atoms with van der Waals surface area (Å²) in [6.07, 6.45) is 0.694. The van der Waals surface area contributed by atoms with Gasteiger partial charge in [-0.1, -0.05) is 23.2 Å². The van der Waals surface area contributed by atoms with Crippen molar-refractivity contribution < 1.29 is 19.4 Å². The second kappa shape index (κ2) is 6.40. The lowest BCUT2D eigenvalue weighted by Crippen LogP contribution is -2.38. The second-order valence-corrected chi connectivity index (χ2v) is 6.25. The summed E-state index contributed by atoms with van der Waals surface area (Å²) in [7, 11) is 0. The average molecular weight is 363 g/mol. The predicted molar refractivity (Wildman–Crippen MR) is 90.9 cm³/mol.